The third kappa shape index (κ3) is 3.36. The highest BCUT2D eigenvalue weighted by Gasteiger charge is 2.60. The molecule has 2 aromatic carbocycles. The van der Waals surface area contributed by atoms with Crippen LogP contribution in [0.4, 0.5) is 5.69 Å². The van der Waals surface area contributed by atoms with Crippen LogP contribution in [0.3, 0.4) is 0 Å². The van der Waals surface area contributed by atoms with Gasteiger partial charge in [-0.15, -0.1) is 0 Å². The first kappa shape index (κ1) is 18.9. The summed E-state index contributed by atoms with van der Waals surface area (Å²) in [6.07, 6.45) is 1.40. The number of hydrogen-bond acceptors (Lipinski definition) is 5. The van der Waals surface area contributed by atoms with Crippen LogP contribution in [0.5, 0.6) is 5.75 Å². The van der Waals surface area contributed by atoms with Gasteiger partial charge in [-0.1, -0.05) is 30.3 Å². The topological polar surface area (TPSA) is 101 Å². The minimum Gasteiger partial charge on any atom is -0.507 e. The second-order valence-corrected chi connectivity index (χ2v) is 8.65. The number of aromatic hydroxyl groups is 1. The Labute approximate surface area is 173 Å². The van der Waals surface area contributed by atoms with Crippen LogP contribution in [-0.4, -0.2) is 61.6 Å². The van der Waals surface area contributed by atoms with Crippen molar-refractivity contribution in [1.29, 1.82) is 0 Å². The molecule has 0 saturated carbocycles. The van der Waals surface area contributed by atoms with Crippen molar-refractivity contribution in [2.24, 2.45) is 15.6 Å². The average Bonchev–Trinajstić information content (AvgIpc) is 2.71. The molecule has 9 nitrogen and oxygen atoms in total. The van der Waals surface area contributed by atoms with Gasteiger partial charge in [0.25, 0.3) is 5.69 Å². The molecule has 4 N–H and O–H groups in total. The lowest BCUT2D eigenvalue weighted by Gasteiger charge is -2.52. The van der Waals surface area contributed by atoms with Crippen molar-refractivity contribution in [3.63, 3.8) is 0 Å². The van der Waals surface area contributed by atoms with Crippen molar-refractivity contribution in [3.05, 3.63) is 69.8 Å². The molecular formula is C21H25N6O3+3. The molecule has 0 aromatic heterocycles. The maximum absolute atomic E-state index is 11.0. The van der Waals surface area contributed by atoms with Gasteiger partial charge in [0.05, 0.1) is 16.8 Å². The van der Waals surface area contributed by atoms with Crippen LogP contribution in [0.2, 0.25) is 0 Å². The summed E-state index contributed by atoms with van der Waals surface area (Å²) in [5, 5.41) is 30.0. The number of benzene rings is 2. The summed E-state index contributed by atoms with van der Waals surface area (Å²) in [5.41, 5.74) is 2.17. The van der Waals surface area contributed by atoms with Crippen LogP contribution in [0, 0.1) is 15.5 Å². The number of nitrogens with one attached hydrogen (secondary N) is 3. The Kier molecular flexibility index (Phi) is 4.58. The van der Waals surface area contributed by atoms with Crippen molar-refractivity contribution in [2.75, 3.05) is 39.6 Å². The Hall–Kier alpha value is -3.14. The van der Waals surface area contributed by atoms with Crippen molar-refractivity contribution < 1.29 is 24.7 Å². The monoisotopic (exact) mass is 409 g/mol. The maximum atomic E-state index is 11.0. The standard InChI is InChI=1S/C21H22N6O3/c28-19-7-6-18(27(29)30)8-17(19)9-22-23-20(16-4-2-1-3-5-16)21-10-24-13-25(11-21)15-26(12-21)14-24/h1-9,28H,10-15H2/p+3. The van der Waals surface area contributed by atoms with Gasteiger partial charge < -0.3 is 5.11 Å². The predicted molar refractivity (Wildman–Crippen MR) is 110 cm³/mol. The van der Waals surface area contributed by atoms with Gasteiger partial charge >= 0.3 is 0 Å². The molecule has 0 spiro atoms. The highest BCUT2D eigenvalue weighted by atomic mass is 16.6. The minimum absolute atomic E-state index is 0.0435. The van der Waals surface area contributed by atoms with E-state index in [1.165, 1.54) is 24.4 Å². The molecule has 4 bridgehead atoms. The molecule has 4 fully saturated rings. The smallest absolute Gasteiger partial charge is 0.270 e. The van der Waals surface area contributed by atoms with Gasteiger partial charge in [0.2, 0.25) is 20.0 Å². The number of nitrogens with zero attached hydrogens (tertiary/aromatic N) is 3. The molecule has 4 heterocycles. The first-order valence-electron chi connectivity index (χ1n) is 10.2. The van der Waals surface area contributed by atoms with E-state index in [9.17, 15) is 15.2 Å². The van der Waals surface area contributed by atoms with Crippen molar-refractivity contribution in [3.8, 4) is 5.75 Å². The lowest BCUT2D eigenvalue weighted by Crippen LogP contribution is -3.56. The molecule has 0 amide bonds. The first-order valence-corrected chi connectivity index (χ1v) is 10.2. The molecule has 0 atom stereocenters. The number of phenolic OH excluding ortho intramolecular Hbond substituents is 1. The second-order valence-electron chi connectivity index (χ2n) is 8.65. The van der Waals surface area contributed by atoms with Gasteiger partial charge in [-0.25, -0.2) is 14.7 Å². The summed E-state index contributed by atoms with van der Waals surface area (Å²) >= 11 is 0. The molecule has 0 radical (unpaired) electrons. The molecule has 4 aliphatic rings. The van der Waals surface area contributed by atoms with Crippen LogP contribution in [-0.2, 0) is 0 Å². The fourth-order valence-corrected chi connectivity index (χ4v) is 5.47. The van der Waals surface area contributed by atoms with E-state index in [-0.39, 0.29) is 22.4 Å². The van der Waals surface area contributed by atoms with E-state index in [2.05, 4.69) is 22.3 Å². The Morgan fingerprint density at radius 2 is 1.67 bits per heavy atom. The van der Waals surface area contributed by atoms with Gasteiger partial charge in [0.15, 0.2) is 5.41 Å². The fourth-order valence-electron chi connectivity index (χ4n) is 5.47. The molecule has 6 rings (SSSR count). The van der Waals surface area contributed by atoms with Crippen LogP contribution < -0.4 is 14.7 Å². The molecule has 30 heavy (non-hydrogen) atoms. The van der Waals surface area contributed by atoms with Crippen molar-refractivity contribution in [1.82, 2.24) is 0 Å². The zero-order valence-electron chi connectivity index (χ0n) is 16.5. The average molecular weight is 409 g/mol. The van der Waals surface area contributed by atoms with E-state index in [0.29, 0.717) is 0 Å². The minimum atomic E-state index is -0.490. The molecule has 9 heteroatoms. The number of nitro groups is 1. The summed E-state index contributed by atoms with van der Waals surface area (Å²) in [7, 11) is 0. The van der Waals surface area contributed by atoms with Gasteiger partial charge in [0.1, 0.15) is 25.4 Å². The van der Waals surface area contributed by atoms with Crippen LogP contribution >= 0.6 is 0 Å². The summed E-state index contributed by atoms with van der Waals surface area (Å²) in [4.78, 5) is 15.4. The number of nitro benzene ring substituents is 1. The second kappa shape index (κ2) is 7.28. The normalized spacial score (nSPS) is 30.1. The van der Waals surface area contributed by atoms with Crippen LogP contribution in [0.25, 0.3) is 0 Å². The van der Waals surface area contributed by atoms with Crippen LogP contribution in [0.1, 0.15) is 11.1 Å². The Morgan fingerprint density at radius 1 is 1.03 bits per heavy atom. The van der Waals surface area contributed by atoms with Crippen molar-refractivity contribution in [2.45, 2.75) is 0 Å². The number of rotatable bonds is 5. The molecule has 4 aliphatic heterocycles. The Bertz CT molecular complexity index is 1000. The lowest BCUT2D eigenvalue weighted by molar-refractivity contribution is -1.30. The number of quaternary nitrogens is 3. The Morgan fingerprint density at radius 3 is 2.27 bits per heavy atom. The van der Waals surface area contributed by atoms with E-state index in [0.717, 1.165) is 50.9 Å². The van der Waals surface area contributed by atoms with Gasteiger partial charge in [-0.05, 0) is 11.6 Å². The van der Waals surface area contributed by atoms with E-state index >= 15 is 0 Å². The SMILES string of the molecule is O=[N+]([O-])c1ccc(O)c(C=NN=C(c2ccccc2)C23C[NH+]4C[NH+](C[NH+](C4)C2)C3)c1. The number of phenols is 1. The van der Waals surface area contributed by atoms with Gasteiger partial charge in [-0.2, -0.15) is 10.2 Å². The van der Waals surface area contributed by atoms with Crippen molar-refractivity contribution >= 4 is 17.6 Å². The summed E-state index contributed by atoms with van der Waals surface area (Å²) in [6.45, 7) is 6.64. The number of hydrogen-bond donors (Lipinski definition) is 4. The molecule has 4 saturated heterocycles. The lowest BCUT2D eigenvalue weighted by atomic mass is 9.74. The predicted octanol–water partition coefficient (Wildman–Crippen LogP) is -2.32. The quantitative estimate of drug-likeness (QED) is 0.253. The third-order valence-electron chi connectivity index (χ3n) is 6.39. The molecule has 2 aromatic rings. The zero-order chi connectivity index (χ0) is 20.7. The van der Waals surface area contributed by atoms with Gasteiger partial charge in [0, 0.05) is 17.7 Å². The molecule has 0 aliphatic carbocycles. The first-order chi connectivity index (χ1) is 14.5. The van der Waals surface area contributed by atoms with E-state index < -0.39 is 4.92 Å². The van der Waals surface area contributed by atoms with E-state index in [1.54, 1.807) is 14.7 Å². The highest BCUT2D eigenvalue weighted by molar-refractivity contribution is 6.05. The largest absolute Gasteiger partial charge is 0.507 e. The Balaban J connectivity index is 1.52. The third-order valence-corrected chi connectivity index (χ3v) is 6.39. The maximum Gasteiger partial charge on any atom is 0.270 e. The summed E-state index contributed by atoms with van der Waals surface area (Å²) < 4.78 is 0. The van der Waals surface area contributed by atoms with E-state index in [4.69, 9.17) is 0 Å². The molecular weight excluding hydrogens is 384 g/mol. The number of non-ortho nitro benzene ring substituents is 1. The molecule has 0 unspecified atom stereocenters. The van der Waals surface area contributed by atoms with Gasteiger partial charge in [-0.3, -0.25) is 10.1 Å². The fraction of sp³-hybridized carbons (Fsp3) is 0.333. The summed E-state index contributed by atoms with van der Waals surface area (Å²) in [6, 6.07) is 14.0. The summed E-state index contributed by atoms with van der Waals surface area (Å²) in [5.74, 6) is -0.0581. The highest BCUT2D eigenvalue weighted by Crippen LogP contribution is 2.24. The van der Waals surface area contributed by atoms with E-state index in [1.807, 2.05) is 18.2 Å². The molecule has 154 valence electrons. The zero-order valence-corrected chi connectivity index (χ0v) is 16.5. The van der Waals surface area contributed by atoms with Crippen LogP contribution in [0.15, 0.2) is 58.7 Å².